The van der Waals surface area contributed by atoms with Crippen LogP contribution in [0.15, 0.2) is 59.4 Å². The summed E-state index contributed by atoms with van der Waals surface area (Å²) in [5, 5.41) is 11.1. The van der Waals surface area contributed by atoms with Gasteiger partial charge in [0.15, 0.2) is 0 Å². The highest BCUT2D eigenvalue weighted by Crippen LogP contribution is 2.38. The Morgan fingerprint density at radius 3 is 2.38 bits per heavy atom. The maximum Gasteiger partial charge on any atom is 0.407 e. The maximum absolute atomic E-state index is 12.9. The monoisotopic (exact) mass is 533 g/mol. The molecule has 1 saturated heterocycles. The average Bonchev–Trinajstić information content (AvgIpc) is 2.90. The fourth-order valence-electron chi connectivity index (χ4n) is 6.07. The molecule has 1 unspecified atom stereocenters. The van der Waals surface area contributed by atoms with Crippen molar-refractivity contribution in [2.75, 3.05) is 33.3 Å². The van der Waals surface area contributed by atoms with Crippen LogP contribution in [0.5, 0.6) is 5.75 Å². The van der Waals surface area contributed by atoms with E-state index in [1.54, 1.807) is 18.1 Å². The van der Waals surface area contributed by atoms with Gasteiger partial charge in [0.05, 0.1) is 12.6 Å². The number of likely N-dealkylation sites (tertiary alicyclic amines) is 1. The van der Waals surface area contributed by atoms with Crippen molar-refractivity contribution in [3.63, 3.8) is 0 Å². The molecule has 1 aromatic heterocycles. The van der Waals surface area contributed by atoms with Crippen molar-refractivity contribution in [3.8, 4) is 5.75 Å². The molecule has 1 amide bonds. The van der Waals surface area contributed by atoms with E-state index in [4.69, 9.17) is 4.74 Å². The van der Waals surface area contributed by atoms with E-state index in [0.717, 1.165) is 61.1 Å². The minimum absolute atomic E-state index is 0.00740. The summed E-state index contributed by atoms with van der Waals surface area (Å²) in [6.07, 6.45) is 1.57. The number of rotatable bonds is 9. The van der Waals surface area contributed by atoms with Gasteiger partial charge in [0.2, 0.25) is 0 Å². The number of carbonyl (C=O) groups is 1. The predicted molar refractivity (Wildman–Crippen MR) is 157 cm³/mol. The first kappa shape index (κ1) is 28.7. The van der Waals surface area contributed by atoms with Gasteiger partial charge < -0.3 is 24.2 Å². The third-order valence-corrected chi connectivity index (χ3v) is 8.32. The van der Waals surface area contributed by atoms with Crippen LogP contribution in [0.2, 0.25) is 0 Å². The first-order valence-electron chi connectivity index (χ1n) is 14.0. The summed E-state index contributed by atoms with van der Waals surface area (Å²) < 4.78 is 7.23. The lowest BCUT2D eigenvalue weighted by molar-refractivity contribution is 0.0851. The van der Waals surface area contributed by atoms with E-state index in [2.05, 4.69) is 49.9 Å². The number of benzene rings is 2. The summed E-state index contributed by atoms with van der Waals surface area (Å²) in [6, 6.07) is 18.0. The first-order chi connectivity index (χ1) is 18.6. The Labute approximate surface area is 232 Å². The first-order valence-corrected chi connectivity index (χ1v) is 14.0. The van der Waals surface area contributed by atoms with Crippen molar-refractivity contribution in [3.05, 3.63) is 76.1 Å². The number of nitrogens with zero attached hydrogens (tertiary/aromatic N) is 3. The van der Waals surface area contributed by atoms with Crippen molar-refractivity contribution in [2.45, 2.75) is 65.5 Å². The molecule has 7 nitrogen and oxygen atoms in total. The lowest BCUT2D eigenvalue weighted by atomic mass is 9.74. The lowest BCUT2D eigenvalue weighted by Gasteiger charge is -2.39. The Morgan fingerprint density at radius 1 is 1.08 bits per heavy atom. The zero-order chi connectivity index (χ0) is 28.2. The van der Waals surface area contributed by atoms with Crippen molar-refractivity contribution in [2.24, 2.45) is 5.41 Å². The fourth-order valence-corrected chi connectivity index (χ4v) is 6.07. The van der Waals surface area contributed by atoms with Crippen LogP contribution >= 0.6 is 0 Å². The number of carboxylic acid groups (broad SMARTS) is 1. The number of fused-ring (bicyclic) bond motifs is 1. The van der Waals surface area contributed by atoms with Gasteiger partial charge in [-0.05, 0) is 60.8 Å². The fraction of sp³-hybridized carbons (Fsp3) is 0.500. The lowest BCUT2D eigenvalue weighted by Crippen LogP contribution is -2.48. The summed E-state index contributed by atoms with van der Waals surface area (Å²) in [5.74, 6) is 1.01. The van der Waals surface area contributed by atoms with Crippen LogP contribution < -0.4 is 10.3 Å². The zero-order valence-electron chi connectivity index (χ0n) is 24.0. The van der Waals surface area contributed by atoms with Gasteiger partial charge in [0.25, 0.3) is 5.56 Å². The van der Waals surface area contributed by atoms with E-state index in [1.807, 2.05) is 35.8 Å². The zero-order valence-corrected chi connectivity index (χ0v) is 24.0. The number of amides is 1. The topological polar surface area (TPSA) is 75.0 Å². The SMILES string of the molecule is COc1ccc2c(C)cc(=O)n(CCN3CCC(N(CCC(c4ccccc4)C(C)(C)C)C(=O)O)CC3)c2c1. The standard InChI is InChI=1S/C32H43N3O4/c1-23-21-30(36)35(29-22-26(39-5)11-12-27(23)29)20-19-33-16-13-25(14-17-33)34(31(37)38)18-15-28(32(2,3)4)24-9-7-6-8-10-24/h6-12,21-22,25,28H,13-20H2,1-5H3,(H,37,38). The second kappa shape index (κ2) is 12.2. The number of piperidine rings is 1. The van der Waals surface area contributed by atoms with Crippen molar-refractivity contribution < 1.29 is 14.6 Å². The molecule has 1 aliphatic rings. The quantitative estimate of drug-likeness (QED) is 0.366. The molecule has 0 aliphatic carbocycles. The number of hydrogen-bond donors (Lipinski definition) is 1. The smallest absolute Gasteiger partial charge is 0.407 e. The third kappa shape index (κ3) is 6.82. The average molecular weight is 534 g/mol. The number of aryl methyl sites for hydroxylation is 1. The Morgan fingerprint density at radius 2 is 1.77 bits per heavy atom. The van der Waals surface area contributed by atoms with Crippen molar-refractivity contribution >= 4 is 17.0 Å². The minimum Gasteiger partial charge on any atom is -0.497 e. The molecule has 0 radical (unpaired) electrons. The largest absolute Gasteiger partial charge is 0.497 e. The maximum atomic E-state index is 12.9. The molecule has 7 heteroatoms. The minimum atomic E-state index is -0.833. The predicted octanol–water partition coefficient (Wildman–Crippen LogP) is 5.98. The van der Waals surface area contributed by atoms with Crippen molar-refractivity contribution in [1.82, 2.24) is 14.4 Å². The molecule has 39 heavy (non-hydrogen) atoms. The van der Waals surface area contributed by atoms with Gasteiger partial charge in [0.1, 0.15) is 5.75 Å². The molecule has 1 atom stereocenters. The van der Waals surface area contributed by atoms with Crippen LogP contribution in [0.4, 0.5) is 4.79 Å². The van der Waals surface area contributed by atoms with E-state index >= 15 is 0 Å². The Hall–Kier alpha value is -3.32. The summed E-state index contributed by atoms with van der Waals surface area (Å²) in [7, 11) is 1.63. The number of ether oxygens (including phenoxy) is 1. The highest BCUT2D eigenvalue weighted by molar-refractivity contribution is 5.83. The molecular formula is C32H43N3O4. The highest BCUT2D eigenvalue weighted by Gasteiger charge is 2.31. The molecule has 1 fully saturated rings. The van der Waals surface area contributed by atoms with E-state index < -0.39 is 6.09 Å². The van der Waals surface area contributed by atoms with Gasteiger partial charge in [-0.15, -0.1) is 0 Å². The molecule has 2 heterocycles. The van der Waals surface area contributed by atoms with Crippen LogP contribution in [0, 0.1) is 12.3 Å². The third-order valence-electron chi connectivity index (χ3n) is 8.32. The highest BCUT2D eigenvalue weighted by atomic mass is 16.5. The Bertz CT molecular complexity index is 1320. The second-order valence-electron chi connectivity index (χ2n) is 11.9. The van der Waals surface area contributed by atoms with Gasteiger partial charge in [0, 0.05) is 56.3 Å². The van der Waals surface area contributed by atoms with Crippen LogP contribution in [0.3, 0.4) is 0 Å². The van der Waals surface area contributed by atoms with Gasteiger partial charge in [-0.1, -0.05) is 51.1 Å². The molecular weight excluding hydrogens is 490 g/mol. The summed E-state index contributed by atoms with van der Waals surface area (Å²) in [5.41, 5.74) is 3.15. The van der Waals surface area contributed by atoms with Gasteiger partial charge >= 0.3 is 6.09 Å². The number of hydrogen-bond acceptors (Lipinski definition) is 4. The van der Waals surface area contributed by atoms with Crippen LogP contribution in [0.25, 0.3) is 10.9 Å². The summed E-state index contributed by atoms with van der Waals surface area (Å²) in [6.45, 7) is 12.1. The molecule has 0 spiro atoms. The van der Waals surface area contributed by atoms with E-state index in [1.165, 1.54) is 5.56 Å². The molecule has 0 bridgehead atoms. The van der Waals surface area contributed by atoms with Crippen molar-refractivity contribution in [1.29, 1.82) is 0 Å². The van der Waals surface area contributed by atoms with E-state index in [9.17, 15) is 14.7 Å². The molecule has 2 aromatic carbocycles. The molecule has 3 aromatic rings. The number of pyridine rings is 1. The van der Waals surface area contributed by atoms with E-state index in [-0.39, 0.29) is 22.9 Å². The number of aromatic nitrogens is 1. The summed E-state index contributed by atoms with van der Waals surface area (Å²) in [4.78, 5) is 29.2. The normalized spacial score (nSPS) is 15.8. The Balaban J connectivity index is 1.38. The van der Waals surface area contributed by atoms with Gasteiger partial charge in [-0.2, -0.15) is 0 Å². The van der Waals surface area contributed by atoms with Crippen LogP contribution in [-0.4, -0.2) is 64.9 Å². The molecule has 4 rings (SSSR count). The van der Waals surface area contributed by atoms with Gasteiger partial charge in [-0.3, -0.25) is 4.79 Å². The molecule has 0 saturated carbocycles. The molecule has 1 N–H and O–H groups in total. The Kier molecular flexibility index (Phi) is 9.01. The number of methoxy groups -OCH3 is 1. The van der Waals surface area contributed by atoms with Crippen LogP contribution in [0.1, 0.15) is 57.1 Å². The van der Waals surface area contributed by atoms with Crippen LogP contribution in [-0.2, 0) is 6.54 Å². The molecule has 210 valence electrons. The van der Waals surface area contributed by atoms with E-state index in [0.29, 0.717) is 13.1 Å². The van der Waals surface area contributed by atoms with Gasteiger partial charge in [-0.25, -0.2) is 4.79 Å². The second-order valence-corrected chi connectivity index (χ2v) is 11.9. The summed E-state index contributed by atoms with van der Waals surface area (Å²) >= 11 is 0. The molecule has 1 aliphatic heterocycles.